The lowest BCUT2D eigenvalue weighted by Gasteiger charge is -2.18. The first-order valence-electron chi connectivity index (χ1n) is 14.0. The number of aromatic nitrogens is 3. The Morgan fingerprint density at radius 2 is 1.03 bits per heavy atom. The van der Waals surface area contributed by atoms with Crippen molar-refractivity contribution in [3.8, 4) is 0 Å². The van der Waals surface area contributed by atoms with Gasteiger partial charge in [0.2, 0.25) is 0 Å². The summed E-state index contributed by atoms with van der Waals surface area (Å²) < 4.78 is 0. The van der Waals surface area contributed by atoms with Crippen LogP contribution in [0.1, 0.15) is 122 Å². The lowest BCUT2D eigenvalue weighted by Crippen LogP contribution is -2.17. The molecule has 5 atom stereocenters. The fraction of sp³-hybridized carbons (Fsp3) is 0.571. The molecule has 1 aliphatic heterocycles. The maximum Gasteiger partial charge on any atom is 0.0360 e. The van der Waals surface area contributed by atoms with Gasteiger partial charge < -0.3 is 0 Å². The van der Waals surface area contributed by atoms with Crippen LogP contribution in [0.2, 0.25) is 0 Å². The van der Waals surface area contributed by atoms with Crippen LogP contribution in [0, 0.1) is 11.8 Å². The molecule has 4 heterocycles. The first-order chi connectivity index (χ1) is 17.6. The molecule has 0 radical (unpaired) electrons. The van der Waals surface area contributed by atoms with Gasteiger partial charge in [0, 0.05) is 43.2 Å². The molecule has 2 aliphatic carbocycles. The molecule has 0 spiro atoms. The lowest BCUT2D eigenvalue weighted by molar-refractivity contribution is 0.317. The summed E-state index contributed by atoms with van der Waals surface area (Å²) in [7, 11) is 2.19. The van der Waals surface area contributed by atoms with E-state index in [0.717, 1.165) is 23.7 Å². The zero-order valence-corrected chi connectivity index (χ0v) is 22.5. The Morgan fingerprint density at radius 1 is 0.590 bits per heavy atom. The number of pyridine rings is 3. The largest absolute Gasteiger partial charge is 0.299 e. The second-order valence-electron chi connectivity index (χ2n) is 11.0. The van der Waals surface area contributed by atoms with Gasteiger partial charge in [0.1, 0.15) is 0 Å². The predicted molar refractivity (Wildman–Crippen MR) is 169 cm³/mol. The van der Waals surface area contributed by atoms with Crippen LogP contribution in [0.15, 0.2) is 73.6 Å². The Kier molecular flexibility index (Phi) is 15.8. The predicted octanol–water partition coefficient (Wildman–Crippen LogP) is 9.73. The zero-order valence-electron chi connectivity index (χ0n) is 22.5. The highest BCUT2D eigenvalue weighted by Crippen LogP contribution is 2.39. The fourth-order valence-electron chi connectivity index (χ4n) is 6.38. The monoisotopic (exact) mass is 532 g/mol. The third kappa shape index (κ3) is 9.83. The third-order valence-corrected chi connectivity index (χ3v) is 8.54. The summed E-state index contributed by atoms with van der Waals surface area (Å²) in [5, 5.41) is 0. The van der Waals surface area contributed by atoms with Gasteiger partial charge in [-0.05, 0) is 97.8 Å². The van der Waals surface area contributed by atoms with Crippen LogP contribution in [0.3, 0.4) is 0 Å². The summed E-state index contributed by atoms with van der Waals surface area (Å²) in [6, 6.07) is 13.3. The second kappa shape index (κ2) is 17.9. The Hall–Kier alpha value is -2.59. The average molecular weight is 533 g/mol. The number of hydrogen-bond acceptors (Lipinski definition) is 4. The Labute approximate surface area is 240 Å². The highest BCUT2D eigenvalue weighted by Gasteiger charge is 2.25. The summed E-state index contributed by atoms with van der Waals surface area (Å²) in [6.07, 6.45) is 22.4. The van der Waals surface area contributed by atoms with Crippen molar-refractivity contribution in [3.05, 3.63) is 90.3 Å². The third-order valence-electron chi connectivity index (χ3n) is 8.54. The second-order valence-corrected chi connectivity index (χ2v) is 11.0. The molecule has 3 fully saturated rings. The molecule has 6 rings (SSSR count). The van der Waals surface area contributed by atoms with Crippen LogP contribution in [-0.4, -0.2) is 33.4 Å². The molecule has 3 aliphatic rings. The molecule has 1 saturated heterocycles. The topological polar surface area (TPSA) is 41.9 Å². The molecule has 2 unspecified atom stereocenters. The Bertz CT molecular complexity index is 863. The van der Waals surface area contributed by atoms with E-state index in [1.54, 1.807) is 0 Å². The van der Waals surface area contributed by atoms with E-state index in [2.05, 4.69) is 58.9 Å². The molecule has 2 saturated carbocycles. The number of hydrogen-bond donors (Lipinski definition) is 0. The summed E-state index contributed by atoms with van der Waals surface area (Å²) in [5.41, 5.74) is 4.22. The van der Waals surface area contributed by atoms with Crippen LogP contribution >= 0.6 is 0 Å². The SMILES string of the molecule is C.C.C.CC1CCC[C@H]1c1cccnc1.CC1CCC[C@H]1c1cccnc1.CN1CCC[C@H]1c1cccnc1. The van der Waals surface area contributed by atoms with E-state index >= 15 is 0 Å². The molecule has 39 heavy (non-hydrogen) atoms. The number of rotatable bonds is 3. The van der Waals surface area contributed by atoms with E-state index in [4.69, 9.17) is 0 Å². The molecule has 0 N–H and O–H groups in total. The highest BCUT2D eigenvalue weighted by molar-refractivity contribution is 5.18. The summed E-state index contributed by atoms with van der Waals surface area (Å²) in [6.45, 7) is 5.93. The van der Waals surface area contributed by atoms with Gasteiger partial charge in [0.25, 0.3) is 0 Å². The minimum Gasteiger partial charge on any atom is -0.299 e. The minimum atomic E-state index is 0. The van der Waals surface area contributed by atoms with Crippen molar-refractivity contribution in [2.45, 2.75) is 105 Å². The molecule has 0 amide bonds. The van der Waals surface area contributed by atoms with Gasteiger partial charge in [-0.25, -0.2) is 0 Å². The van der Waals surface area contributed by atoms with Crippen molar-refractivity contribution in [2.24, 2.45) is 11.8 Å². The van der Waals surface area contributed by atoms with Crippen LogP contribution in [-0.2, 0) is 0 Å². The van der Waals surface area contributed by atoms with E-state index in [0.29, 0.717) is 6.04 Å². The van der Waals surface area contributed by atoms with E-state index in [-0.39, 0.29) is 22.3 Å². The maximum atomic E-state index is 4.16. The summed E-state index contributed by atoms with van der Waals surface area (Å²) in [5.74, 6) is 3.26. The van der Waals surface area contributed by atoms with Crippen LogP contribution in [0.5, 0.6) is 0 Å². The van der Waals surface area contributed by atoms with E-state index in [9.17, 15) is 0 Å². The molecule has 3 aromatic heterocycles. The van der Waals surface area contributed by atoms with Gasteiger partial charge in [-0.1, -0.05) is 80.0 Å². The Morgan fingerprint density at radius 3 is 1.33 bits per heavy atom. The molecule has 0 aromatic carbocycles. The van der Waals surface area contributed by atoms with Gasteiger partial charge >= 0.3 is 0 Å². The van der Waals surface area contributed by atoms with Crippen molar-refractivity contribution < 1.29 is 0 Å². The highest BCUT2D eigenvalue weighted by atomic mass is 15.1. The van der Waals surface area contributed by atoms with Gasteiger partial charge in [0.05, 0.1) is 0 Å². The smallest absolute Gasteiger partial charge is 0.0360 e. The molecule has 4 heteroatoms. The number of likely N-dealkylation sites (tertiary alicyclic amines) is 1. The summed E-state index contributed by atoms with van der Waals surface area (Å²) >= 11 is 0. The van der Waals surface area contributed by atoms with Crippen molar-refractivity contribution in [1.82, 2.24) is 19.9 Å². The van der Waals surface area contributed by atoms with E-state index in [1.165, 1.54) is 74.6 Å². The van der Waals surface area contributed by atoms with Gasteiger partial charge in [-0.15, -0.1) is 0 Å². The van der Waals surface area contributed by atoms with Gasteiger partial charge in [-0.2, -0.15) is 0 Å². The van der Waals surface area contributed by atoms with Crippen molar-refractivity contribution in [3.63, 3.8) is 0 Å². The molecular weight excluding hydrogens is 476 g/mol. The Balaban J connectivity index is 0.000000282. The van der Waals surface area contributed by atoms with Crippen molar-refractivity contribution in [1.29, 1.82) is 0 Å². The molecular formula is C35H56N4. The van der Waals surface area contributed by atoms with Crippen LogP contribution in [0.4, 0.5) is 0 Å². The normalized spacial score (nSPS) is 25.5. The van der Waals surface area contributed by atoms with Crippen LogP contribution < -0.4 is 0 Å². The average Bonchev–Trinajstić information content (AvgIpc) is 3.67. The van der Waals surface area contributed by atoms with Crippen LogP contribution in [0.25, 0.3) is 0 Å². The maximum absolute atomic E-state index is 4.16. The van der Waals surface area contributed by atoms with Gasteiger partial charge in [0.15, 0.2) is 0 Å². The van der Waals surface area contributed by atoms with Crippen molar-refractivity contribution in [2.75, 3.05) is 13.6 Å². The minimum absolute atomic E-state index is 0. The quantitative estimate of drug-likeness (QED) is 0.337. The van der Waals surface area contributed by atoms with Crippen molar-refractivity contribution >= 4 is 0 Å². The molecule has 0 bridgehead atoms. The first-order valence-corrected chi connectivity index (χ1v) is 14.0. The fourth-order valence-corrected chi connectivity index (χ4v) is 6.38. The van der Waals surface area contributed by atoms with Gasteiger partial charge in [-0.3, -0.25) is 19.9 Å². The molecule has 216 valence electrons. The summed E-state index contributed by atoms with van der Waals surface area (Å²) in [4.78, 5) is 14.9. The molecule has 4 nitrogen and oxygen atoms in total. The zero-order chi connectivity index (χ0) is 25.2. The van der Waals surface area contributed by atoms with E-state index in [1.807, 2.05) is 55.4 Å². The van der Waals surface area contributed by atoms with E-state index < -0.39 is 0 Å². The molecule has 3 aromatic rings. The first kappa shape index (κ1) is 34.4. The lowest BCUT2D eigenvalue weighted by atomic mass is 9.92. The number of nitrogens with zero attached hydrogens (tertiary/aromatic N) is 4. The standard InChI is InChI=1S/2C11H15N.C10H14N2.3CH4/c2*1-9-4-2-6-11(9)10-5-3-7-12-8-10;1-12-7-3-5-10(12)9-4-2-6-11-8-9;;;/h2*3,5,7-9,11H,2,4,6H2,1H3;2,4,6,8,10H,3,5,7H2,1H3;3*1H4/t2*9?,11-;10-;;;/m110.../s1.